The zero-order valence-electron chi connectivity index (χ0n) is 4.29. The number of carbonyl (C=O) groups is 1. The Morgan fingerprint density at radius 2 is 2.50 bits per heavy atom. The molecule has 1 aliphatic rings. The highest BCUT2D eigenvalue weighted by atomic mass is 16.4. The van der Waals surface area contributed by atoms with Crippen molar-refractivity contribution in [3.05, 3.63) is 0 Å². The second-order valence-corrected chi connectivity index (χ2v) is 1.95. The molecular weight excluding hydrogens is 104 g/mol. The molecule has 0 amide bonds. The van der Waals surface area contributed by atoms with Gasteiger partial charge in [-0.05, 0) is 6.42 Å². The van der Waals surface area contributed by atoms with E-state index in [2.05, 4.69) is 5.92 Å². The van der Waals surface area contributed by atoms with E-state index >= 15 is 0 Å². The molecule has 8 heavy (non-hydrogen) atoms. The zero-order valence-corrected chi connectivity index (χ0v) is 4.29. The van der Waals surface area contributed by atoms with Crippen molar-refractivity contribution in [3.8, 4) is 12.3 Å². The number of aliphatic carboxylic acids is 1. The molecule has 1 rings (SSSR count). The second kappa shape index (κ2) is 1.52. The normalized spacial score (nSPS) is 33.4. The fraction of sp³-hybridized carbons (Fsp3) is 0.500. The van der Waals surface area contributed by atoms with Crippen LogP contribution in [0.4, 0.5) is 0 Å². The first-order chi connectivity index (χ1) is 3.75. The van der Waals surface area contributed by atoms with Gasteiger partial charge in [-0.25, -0.2) is 0 Å². The largest absolute Gasteiger partial charge is 0.481 e. The summed E-state index contributed by atoms with van der Waals surface area (Å²) in [5.74, 6) is 1.42. The predicted molar refractivity (Wildman–Crippen MR) is 28.1 cm³/mol. The molecule has 2 heteroatoms. The second-order valence-electron chi connectivity index (χ2n) is 1.95. The highest BCUT2D eigenvalue weighted by Crippen LogP contribution is 2.37. The SMILES string of the molecule is C#C[C@@H]1C[C@@H]1C(=O)O. The molecule has 0 spiro atoms. The smallest absolute Gasteiger partial charge is 0.307 e. The van der Waals surface area contributed by atoms with Gasteiger partial charge < -0.3 is 5.11 Å². The van der Waals surface area contributed by atoms with Crippen molar-refractivity contribution in [2.75, 3.05) is 0 Å². The van der Waals surface area contributed by atoms with Gasteiger partial charge in [0.2, 0.25) is 0 Å². The molecule has 0 heterocycles. The molecule has 0 aromatic heterocycles. The van der Waals surface area contributed by atoms with Gasteiger partial charge in [-0.2, -0.15) is 0 Å². The van der Waals surface area contributed by atoms with Gasteiger partial charge in [0.05, 0.1) is 5.92 Å². The van der Waals surface area contributed by atoms with Crippen molar-refractivity contribution < 1.29 is 9.90 Å². The van der Waals surface area contributed by atoms with Crippen LogP contribution in [0.1, 0.15) is 6.42 Å². The summed E-state index contributed by atoms with van der Waals surface area (Å²) in [5, 5.41) is 8.26. The van der Waals surface area contributed by atoms with E-state index in [0.717, 1.165) is 0 Å². The summed E-state index contributed by atoms with van der Waals surface area (Å²) in [5.41, 5.74) is 0. The number of terminal acetylenes is 1. The van der Waals surface area contributed by atoms with Gasteiger partial charge in [-0.1, -0.05) is 0 Å². The Labute approximate surface area is 47.5 Å². The first kappa shape index (κ1) is 5.17. The van der Waals surface area contributed by atoms with Gasteiger partial charge in [-0.3, -0.25) is 4.79 Å². The van der Waals surface area contributed by atoms with E-state index < -0.39 is 5.97 Å². The van der Waals surface area contributed by atoms with Crippen LogP contribution in [0, 0.1) is 24.2 Å². The highest BCUT2D eigenvalue weighted by Gasteiger charge is 2.41. The lowest BCUT2D eigenvalue weighted by Gasteiger charge is -1.79. The molecule has 0 aliphatic heterocycles. The van der Waals surface area contributed by atoms with Crippen LogP contribution in [0.15, 0.2) is 0 Å². The van der Waals surface area contributed by atoms with Crippen molar-refractivity contribution >= 4 is 5.97 Å². The van der Waals surface area contributed by atoms with Gasteiger partial charge in [0.15, 0.2) is 0 Å². The summed E-state index contributed by atoms with van der Waals surface area (Å²) in [6.45, 7) is 0. The van der Waals surface area contributed by atoms with Crippen LogP contribution in [0.3, 0.4) is 0 Å². The van der Waals surface area contributed by atoms with Crippen molar-refractivity contribution in [1.82, 2.24) is 0 Å². The molecule has 42 valence electrons. The monoisotopic (exact) mass is 110 g/mol. The average Bonchev–Trinajstić information content (AvgIpc) is 2.42. The Bertz CT molecular complexity index is 154. The average molecular weight is 110 g/mol. The van der Waals surface area contributed by atoms with Crippen molar-refractivity contribution in [2.45, 2.75) is 6.42 Å². The van der Waals surface area contributed by atoms with E-state index in [1.165, 1.54) is 0 Å². The van der Waals surface area contributed by atoms with E-state index in [9.17, 15) is 4.79 Å². The molecule has 1 N–H and O–H groups in total. The van der Waals surface area contributed by atoms with E-state index in [1.807, 2.05) is 0 Å². The molecule has 1 aliphatic carbocycles. The van der Waals surface area contributed by atoms with Gasteiger partial charge >= 0.3 is 5.97 Å². The number of rotatable bonds is 1. The summed E-state index contributed by atoms with van der Waals surface area (Å²) in [6.07, 6.45) is 5.62. The van der Waals surface area contributed by atoms with E-state index in [4.69, 9.17) is 11.5 Å². The van der Waals surface area contributed by atoms with E-state index in [1.54, 1.807) is 0 Å². The van der Waals surface area contributed by atoms with E-state index in [0.29, 0.717) is 6.42 Å². The topological polar surface area (TPSA) is 37.3 Å². The van der Waals surface area contributed by atoms with Crippen LogP contribution in [-0.4, -0.2) is 11.1 Å². The molecule has 0 aromatic rings. The first-order valence-electron chi connectivity index (χ1n) is 2.44. The molecule has 0 bridgehead atoms. The predicted octanol–water partition coefficient (Wildman–Crippen LogP) is 0.340. The van der Waals surface area contributed by atoms with Gasteiger partial charge in [0.25, 0.3) is 0 Å². The lowest BCUT2D eigenvalue weighted by molar-refractivity contribution is -0.138. The summed E-state index contributed by atoms with van der Waals surface area (Å²) >= 11 is 0. The molecule has 2 atom stereocenters. The lowest BCUT2D eigenvalue weighted by Crippen LogP contribution is -1.97. The lowest BCUT2D eigenvalue weighted by atomic mass is 10.3. The van der Waals surface area contributed by atoms with Crippen LogP contribution in [0.5, 0.6) is 0 Å². The number of hydrogen-bond acceptors (Lipinski definition) is 1. The minimum absolute atomic E-state index is 0.0208. The number of carboxylic acids is 1. The van der Waals surface area contributed by atoms with Crippen LogP contribution in [-0.2, 0) is 4.79 Å². The van der Waals surface area contributed by atoms with Crippen molar-refractivity contribution in [3.63, 3.8) is 0 Å². The van der Waals surface area contributed by atoms with Gasteiger partial charge in [-0.15, -0.1) is 12.3 Å². The minimum Gasteiger partial charge on any atom is -0.481 e. The standard InChI is InChI=1S/C6H6O2/c1-2-4-3-5(4)6(7)8/h1,4-5H,3H2,(H,7,8)/t4-,5+/m1/s1. The molecule has 0 radical (unpaired) electrons. The van der Waals surface area contributed by atoms with Crippen molar-refractivity contribution in [2.24, 2.45) is 11.8 Å². The van der Waals surface area contributed by atoms with Gasteiger partial charge in [0, 0.05) is 5.92 Å². The van der Waals surface area contributed by atoms with E-state index in [-0.39, 0.29) is 11.8 Å². The quantitative estimate of drug-likeness (QED) is 0.494. The Morgan fingerprint density at radius 1 is 1.88 bits per heavy atom. The maximum absolute atomic E-state index is 10.0. The molecule has 1 saturated carbocycles. The summed E-state index contributed by atoms with van der Waals surface area (Å²) in [7, 11) is 0. The Morgan fingerprint density at radius 3 is 2.62 bits per heavy atom. The third kappa shape index (κ3) is 0.671. The first-order valence-corrected chi connectivity index (χ1v) is 2.44. The highest BCUT2D eigenvalue weighted by molar-refractivity contribution is 5.74. The Hall–Kier alpha value is -0.970. The van der Waals surface area contributed by atoms with Gasteiger partial charge in [0.1, 0.15) is 0 Å². The van der Waals surface area contributed by atoms with Crippen LogP contribution >= 0.6 is 0 Å². The maximum atomic E-state index is 10.0. The van der Waals surface area contributed by atoms with Crippen molar-refractivity contribution in [1.29, 1.82) is 0 Å². The molecule has 2 nitrogen and oxygen atoms in total. The summed E-state index contributed by atoms with van der Waals surface area (Å²) < 4.78 is 0. The third-order valence-electron chi connectivity index (χ3n) is 1.32. The fourth-order valence-electron chi connectivity index (χ4n) is 0.652. The Kier molecular flexibility index (Phi) is 0.980. The molecule has 0 saturated heterocycles. The summed E-state index contributed by atoms with van der Waals surface area (Å²) in [6, 6.07) is 0. The fourth-order valence-corrected chi connectivity index (χ4v) is 0.652. The molecule has 1 fully saturated rings. The molecular formula is C6H6O2. The summed E-state index contributed by atoms with van der Waals surface area (Å²) in [4.78, 5) is 10.0. The van der Waals surface area contributed by atoms with Crippen LogP contribution < -0.4 is 0 Å². The maximum Gasteiger partial charge on any atom is 0.307 e. The molecule has 0 aromatic carbocycles. The van der Waals surface area contributed by atoms with Crippen LogP contribution in [0.25, 0.3) is 0 Å². The van der Waals surface area contributed by atoms with Crippen LogP contribution in [0.2, 0.25) is 0 Å². The molecule has 0 unspecified atom stereocenters. The Balaban J connectivity index is 2.40. The zero-order chi connectivity index (χ0) is 6.15. The number of hydrogen-bond donors (Lipinski definition) is 1. The minimum atomic E-state index is -0.757. The third-order valence-corrected chi connectivity index (χ3v) is 1.32. The number of carboxylic acid groups (broad SMARTS) is 1.